The van der Waals surface area contributed by atoms with Gasteiger partial charge in [0.15, 0.2) is 0 Å². The van der Waals surface area contributed by atoms with Gasteiger partial charge in [-0.1, -0.05) is 37.0 Å². The number of nitrogens with zero attached hydrogens (tertiary/aromatic N) is 9. The van der Waals surface area contributed by atoms with Crippen LogP contribution in [0.5, 0.6) is 28.7 Å². The van der Waals surface area contributed by atoms with Crippen molar-refractivity contribution in [2.75, 3.05) is 94.1 Å². The van der Waals surface area contributed by atoms with Crippen LogP contribution in [0.2, 0.25) is 16.6 Å². The second-order valence-electron chi connectivity index (χ2n) is 32.9. The van der Waals surface area contributed by atoms with Crippen LogP contribution in [-0.4, -0.2) is 208 Å². The van der Waals surface area contributed by atoms with Crippen LogP contribution in [0.3, 0.4) is 0 Å². The molecule has 150 heavy (non-hydrogen) atoms. The average molecular weight is 2470 g/mol. The van der Waals surface area contributed by atoms with Crippen molar-refractivity contribution in [3.8, 4) is 40.0 Å². The van der Waals surface area contributed by atoms with E-state index in [-0.39, 0.29) is 147 Å². The number of aromatic nitrogens is 6. The van der Waals surface area contributed by atoms with E-state index in [4.69, 9.17) is 88.7 Å². The maximum Gasteiger partial charge on any atom is 1.00 e. The predicted octanol–water partition coefficient (Wildman–Crippen LogP) is 13.6. The molecule has 5 saturated heterocycles. The molecule has 6 aromatic heterocycles. The number of nitrogen functional groups attached to an aromatic ring is 1. The van der Waals surface area contributed by atoms with Crippen LogP contribution in [0, 0.1) is 5.41 Å². The number of halogens is 20. The molecule has 0 spiro atoms. The molecule has 5 aliphatic heterocycles. The van der Waals surface area contributed by atoms with Crippen molar-refractivity contribution in [3.05, 3.63) is 246 Å². The normalized spacial score (nSPS) is 16.2. The first-order valence-electron chi connectivity index (χ1n) is 43.2. The predicted molar refractivity (Wildman–Crippen MR) is 547 cm³/mol. The van der Waals surface area contributed by atoms with Gasteiger partial charge in [0.1, 0.15) is 56.5 Å². The Morgan fingerprint density at radius 2 is 0.813 bits per heavy atom. The molecule has 11 aromatic rings. The minimum absolute atomic E-state index is 0. The number of carboxylic acid groups (broad SMARTS) is 1. The number of anilines is 8. The number of pyridine rings is 5. The minimum atomic E-state index is -3.81. The van der Waals surface area contributed by atoms with Gasteiger partial charge >= 0.3 is 99.8 Å². The number of hydrogen-bond donors (Lipinski definition) is 11. The van der Waals surface area contributed by atoms with Gasteiger partial charge in [-0.3, -0.25) is 24.0 Å². The topological polar surface area (TPSA) is 464 Å². The third-order valence-electron chi connectivity index (χ3n) is 21.3. The number of carboxylic acids is 1. The standard InChI is InChI=1S/C24H29BClF2N3O4.C20H17ClF2N4O3S.C17H15BrClF2N3O3.C13H7BrCl2F2N2O2.C7H6ClF2NO.C6H3BrClNO2.C4H9NO.CH2O3.2Na.H/c1-22(2)14-25(35-23(22,3)4)19-11-15(12-29-20(19)31-10-9-17(32)13-31)21(33)30-16-5-7-18(8-6-16)34-24(26,27)28;21-20(22,23)30-15-3-1-13(2-4-15)25-19(29)12-9-16(17-6-8-31-26-17)18(24-10-12)27-7-5-14(28)11-27;18-14-7-10(8-22-15(14)24-6-5-12(25)9-24)16(26)23-11-1-3-13(4-2-11)27-17(19,20)21;14-10-5-7(6-19-11(10)15)12(21)20-8-1-3-9(4-2-8)22-13(16,17)18;8-7(9,10)12-6-3-1-5(11)2-4-6;7-4-1-3(6(10)11)2-9-5(4)8;6-4-1-2-5-3-4;2-1-4-3;;;/h5-8,11-12,17,32H,9-10,13-14H2,1-4H3,(H,30,33);1-4,6,8-10,14,28H,5,7,11H2,(H,25,29);1-4,7-8,12,25H,5-6,9H2,(H,23,26);1-6H,(H,20,21);1-4H,11H2;1-2H,(H,10,11);4-6H,1-3H2;1,3H;;;/q;;;;;;;;2*+1;-1/p-1/t17-;14-;12-;;;;4-;;;;/m111...1..../s1. The molecule has 34 nitrogen and oxygen atoms in total. The number of rotatable bonds is 25. The van der Waals surface area contributed by atoms with Crippen molar-refractivity contribution in [2.45, 2.75) is 118 Å². The van der Waals surface area contributed by atoms with Crippen molar-refractivity contribution in [1.29, 1.82) is 0 Å². The van der Waals surface area contributed by atoms with Crippen molar-refractivity contribution in [1.82, 2.24) is 34.6 Å². The second kappa shape index (κ2) is 58.6. The Kier molecular flexibility index (Phi) is 49.9. The van der Waals surface area contributed by atoms with Crippen molar-refractivity contribution in [2.24, 2.45) is 5.41 Å². The maximum absolute atomic E-state index is 13.0. The summed E-state index contributed by atoms with van der Waals surface area (Å²) in [6.07, 6.45) is 9.28. The largest absolute Gasteiger partial charge is 1.00 e. The molecule has 16 rings (SSSR count). The Morgan fingerprint density at radius 1 is 0.493 bits per heavy atom. The molecule has 5 fully saturated rings. The van der Waals surface area contributed by atoms with Gasteiger partial charge in [-0.2, -0.15) is 4.37 Å². The summed E-state index contributed by atoms with van der Waals surface area (Å²) in [6.45, 7) is 13.2. The zero-order valence-electron chi connectivity index (χ0n) is 80.2. The monoisotopic (exact) mass is 2470 g/mol. The molecule has 4 amide bonds. The number of amides is 4. The van der Waals surface area contributed by atoms with Gasteiger partial charge < -0.3 is 112 Å². The summed E-state index contributed by atoms with van der Waals surface area (Å²) in [5.41, 5.74) is -8.46. The van der Waals surface area contributed by atoms with Crippen molar-refractivity contribution in [3.63, 3.8) is 0 Å². The van der Waals surface area contributed by atoms with Crippen LogP contribution in [0.15, 0.2) is 208 Å². The van der Waals surface area contributed by atoms with Gasteiger partial charge in [0.25, 0.3) is 30.1 Å². The third kappa shape index (κ3) is 43.1. The molecular formula is C92H88BBr3Cl7F10N15Na2O19S. The Bertz CT molecular complexity index is 6280. The molecule has 4 atom stereocenters. The smallest absolute Gasteiger partial charge is 1.00 e. The molecule has 796 valence electrons. The molecule has 0 radical (unpaired) electrons. The van der Waals surface area contributed by atoms with Gasteiger partial charge in [0.2, 0.25) is 0 Å². The number of nitrogens with two attached hydrogens (primary N) is 1. The molecule has 5 aromatic carbocycles. The van der Waals surface area contributed by atoms with E-state index in [1.807, 2.05) is 26.1 Å². The molecule has 12 N–H and O–H groups in total. The number of β-amino-alcohol motifs (C(OH)–C–C–N with tert-alkyl or cyclic N) is 4. The number of aromatic carboxylic acids is 1. The van der Waals surface area contributed by atoms with Crippen LogP contribution < -0.4 is 141 Å². The van der Waals surface area contributed by atoms with Crippen LogP contribution in [-0.2, 0) is 14.3 Å². The maximum atomic E-state index is 13.0. The van der Waals surface area contributed by atoms with Crippen molar-refractivity contribution >= 4 is 235 Å². The number of nitrogens with one attached hydrogen (secondary N) is 5. The number of hydrogen-bond acceptors (Lipinski definition) is 30. The zero-order chi connectivity index (χ0) is 109. The first kappa shape index (κ1) is 128. The second-order valence-corrected chi connectivity index (χ2v) is 39.0. The Hall–Kier alpha value is -8.95. The summed E-state index contributed by atoms with van der Waals surface area (Å²) in [5.74, 6) is -1.21. The fraction of sp³-hybridized carbons (Fsp3) is 0.304. The Morgan fingerprint density at radius 3 is 1.11 bits per heavy atom. The van der Waals surface area contributed by atoms with Gasteiger partial charge in [0, 0.05) is 174 Å². The molecular weight excluding hydrogens is 2390 g/mol. The minimum Gasteiger partial charge on any atom is -1.00 e. The van der Waals surface area contributed by atoms with Crippen LogP contribution in [0.1, 0.15) is 107 Å². The first-order chi connectivity index (χ1) is 69.4. The number of benzene rings is 5. The van der Waals surface area contributed by atoms with Gasteiger partial charge in [-0.05, 0) is 280 Å². The van der Waals surface area contributed by atoms with Gasteiger partial charge in [-0.15, -0.1) is 43.9 Å². The van der Waals surface area contributed by atoms with Crippen LogP contribution in [0.4, 0.5) is 89.8 Å². The number of aliphatic hydroxyl groups is 4. The number of aliphatic hydroxyl groups excluding tert-OH is 4. The van der Waals surface area contributed by atoms with Gasteiger partial charge in [0.05, 0.1) is 76.9 Å². The average Bonchev–Trinajstić information content (AvgIpc) is 1.61. The van der Waals surface area contributed by atoms with Crippen LogP contribution >= 0.6 is 141 Å². The summed E-state index contributed by atoms with van der Waals surface area (Å²) in [7, 11) is 0. The number of carbonyl (C=O) groups is 6. The van der Waals surface area contributed by atoms with Crippen LogP contribution in [0.25, 0.3) is 11.3 Å². The van der Waals surface area contributed by atoms with E-state index >= 15 is 0 Å². The summed E-state index contributed by atoms with van der Waals surface area (Å²) >= 11 is 45.6. The SMILES string of the molecule is CC1(C)CB(c2cc(C(=O)Nc3ccc(OC(F)(F)Cl)cc3)cnc2N2CC[C@@H](O)C2)OC1(C)C.Nc1ccc(OC(F)(F)Cl)cc1.O=C(Nc1ccc(OC(F)(F)Cl)cc1)c1cnc(Cl)c(Br)c1.O=C(Nc1ccc(OC(F)(F)Cl)cc1)c1cnc(N2CC[C@@H](O)C2)c(-c2ccsn2)c1.O=C(Nc1ccc(OC(F)(F)Cl)cc1)c1cnc(N2CC[C@@H](O)C2)c(Br)c1.O=C(O)c1cnc(Cl)c(Br)c1.O=CO[O-].O[C@@H]1CCNC1.[H-].[Na+].[Na+]. The summed E-state index contributed by atoms with van der Waals surface area (Å²) < 4.78 is 159. The molecule has 0 saturated carbocycles. The molecule has 0 unspecified atom stereocenters. The van der Waals surface area contributed by atoms with Crippen molar-refractivity contribution < 1.29 is 197 Å². The number of ether oxygens (including phenoxy) is 5. The zero-order valence-corrected chi connectivity index (χ0v) is 94.0. The fourth-order valence-electron chi connectivity index (χ4n) is 13.7. The number of carbonyl (C=O) groups excluding carboxylic acids is 5. The molecule has 11 heterocycles. The Labute approximate surface area is 960 Å². The third-order valence-corrected chi connectivity index (χ3v) is 25.1. The Balaban J connectivity index is 0.000000279. The van der Waals surface area contributed by atoms with E-state index in [0.717, 1.165) is 31.3 Å². The van der Waals surface area contributed by atoms with E-state index in [2.05, 4.69) is 183 Å². The summed E-state index contributed by atoms with van der Waals surface area (Å²) in [4.78, 5) is 98.5. The molecule has 58 heteroatoms. The first-order valence-corrected chi connectivity index (χ1v) is 49.0. The van der Waals surface area contributed by atoms with E-state index in [1.165, 1.54) is 176 Å². The van der Waals surface area contributed by atoms with E-state index < -0.39 is 69.6 Å². The van der Waals surface area contributed by atoms with Gasteiger partial charge in [-0.25, -0.2) is 29.7 Å². The molecule has 0 aliphatic carbocycles. The fourth-order valence-corrected chi connectivity index (χ4v) is 16.1. The van der Waals surface area contributed by atoms with E-state index in [0.29, 0.717) is 146 Å². The molecule has 5 aliphatic rings. The summed E-state index contributed by atoms with van der Waals surface area (Å²) in [5, 5.41) is 71.1. The quantitative estimate of drug-likeness (QED) is 0.00370. The van der Waals surface area contributed by atoms with E-state index in [1.54, 1.807) is 18.2 Å². The summed E-state index contributed by atoms with van der Waals surface area (Å²) in [6, 6.07) is 36.9. The van der Waals surface area contributed by atoms with E-state index in [9.17, 15) is 83.2 Å². The number of alkyl halides is 15. The molecule has 0 bridgehead atoms.